The zero-order valence-corrected chi connectivity index (χ0v) is 15.2. The average molecular weight is 376 g/mol. The van der Waals surface area contributed by atoms with E-state index in [9.17, 15) is 4.39 Å². The Hall–Kier alpha value is -3.29. The van der Waals surface area contributed by atoms with Gasteiger partial charge in [-0.15, -0.1) is 0 Å². The lowest BCUT2D eigenvalue weighted by Gasteiger charge is -2.24. The molecule has 4 heterocycles. The first-order chi connectivity index (χ1) is 13.6. The van der Waals surface area contributed by atoms with E-state index in [1.54, 1.807) is 18.3 Å². The fourth-order valence-electron chi connectivity index (χ4n) is 3.92. The molecule has 1 aliphatic heterocycles. The average Bonchev–Trinajstić information content (AvgIpc) is 3.11. The number of H-pyrrole nitrogens is 1. The van der Waals surface area contributed by atoms with Gasteiger partial charge in [0.15, 0.2) is 5.65 Å². The molecule has 6 rings (SSSR count). The summed E-state index contributed by atoms with van der Waals surface area (Å²) in [4.78, 5) is 9.12. The van der Waals surface area contributed by atoms with Gasteiger partial charge < -0.3 is 4.74 Å². The number of nitrogens with one attached hydrogen (secondary N) is 1. The molecule has 4 aromatic rings. The lowest BCUT2D eigenvalue weighted by atomic mass is 10.0. The molecule has 0 bridgehead atoms. The van der Waals surface area contributed by atoms with Gasteiger partial charge in [-0.05, 0) is 44.0 Å². The zero-order valence-electron chi connectivity index (χ0n) is 15.2. The van der Waals surface area contributed by atoms with Crippen molar-refractivity contribution in [3.8, 4) is 28.4 Å². The minimum absolute atomic E-state index is 0.211. The van der Waals surface area contributed by atoms with Gasteiger partial charge in [-0.3, -0.25) is 5.10 Å². The zero-order chi connectivity index (χ0) is 18.9. The Morgan fingerprint density at radius 1 is 1.14 bits per heavy atom. The van der Waals surface area contributed by atoms with Crippen molar-refractivity contribution in [1.82, 2.24) is 29.9 Å². The van der Waals surface area contributed by atoms with Crippen molar-refractivity contribution in [2.75, 3.05) is 6.61 Å². The van der Waals surface area contributed by atoms with Gasteiger partial charge in [0.05, 0.1) is 36.0 Å². The normalized spacial score (nSPS) is 16.9. The van der Waals surface area contributed by atoms with E-state index < -0.39 is 0 Å². The highest BCUT2D eigenvalue weighted by molar-refractivity contribution is 5.96. The lowest BCUT2D eigenvalue weighted by Crippen LogP contribution is -2.27. The van der Waals surface area contributed by atoms with Crippen LogP contribution in [0.15, 0.2) is 30.5 Å². The van der Waals surface area contributed by atoms with Crippen LogP contribution in [0.3, 0.4) is 0 Å². The third-order valence-corrected chi connectivity index (χ3v) is 5.64. The highest BCUT2D eigenvalue weighted by Gasteiger charge is 2.48. The summed E-state index contributed by atoms with van der Waals surface area (Å²) < 4.78 is 21.7. The number of benzene rings is 1. The maximum atomic E-state index is 13.5. The van der Waals surface area contributed by atoms with E-state index in [0.717, 1.165) is 47.3 Å². The quantitative estimate of drug-likeness (QED) is 0.579. The van der Waals surface area contributed by atoms with E-state index in [1.165, 1.54) is 12.1 Å². The largest absolute Gasteiger partial charge is 0.477 e. The van der Waals surface area contributed by atoms with E-state index in [0.29, 0.717) is 24.0 Å². The first-order valence-corrected chi connectivity index (χ1v) is 9.30. The van der Waals surface area contributed by atoms with Crippen molar-refractivity contribution in [2.45, 2.75) is 26.3 Å². The van der Waals surface area contributed by atoms with Crippen molar-refractivity contribution >= 4 is 11.0 Å². The molecule has 140 valence electrons. The monoisotopic (exact) mass is 376 g/mol. The Morgan fingerprint density at radius 2 is 1.96 bits per heavy atom. The van der Waals surface area contributed by atoms with Gasteiger partial charge in [0.25, 0.3) is 0 Å². The highest BCUT2D eigenvalue weighted by Crippen LogP contribution is 2.52. The first kappa shape index (κ1) is 15.7. The van der Waals surface area contributed by atoms with Crippen LogP contribution in [0.4, 0.5) is 4.39 Å². The topological polar surface area (TPSA) is 81.5 Å². The second kappa shape index (κ2) is 5.37. The lowest BCUT2D eigenvalue weighted by molar-refractivity contribution is 0.149. The van der Waals surface area contributed by atoms with Crippen LogP contribution >= 0.6 is 0 Å². The van der Waals surface area contributed by atoms with Crippen LogP contribution in [0.1, 0.15) is 18.7 Å². The van der Waals surface area contributed by atoms with Crippen LogP contribution in [-0.4, -0.2) is 36.6 Å². The predicted octanol–water partition coefficient (Wildman–Crippen LogP) is 3.50. The smallest absolute Gasteiger partial charge is 0.222 e. The van der Waals surface area contributed by atoms with E-state index >= 15 is 0 Å². The van der Waals surface area contributed by atoms with Gasteiger partial charge in [-0.2, -0.15) is 10.2 Å². The van der Waals surface area contributed by atoms with Crippen LogP contribution < -0.4 is 4.74 Å². The predicted molar refractivity (Wildman–Crippen MR) is 100 cm³/mol. The summed E-state index contributed by atoms with van der Waals surface area (Å²) in [6.45, 7) is 3.36. The van der Waals surface area contributed by atoms with Crippen LogP contribution in [0.2, 0.25) is 0 Å². The van der Waals surface area contributed by atoms with Gasteiger partial charge in [0, 0.05) is 11.0 Å². The summed E-state index contributed by atoms with van der Waals surface area (Å²) in [7, 11) is 0. The number of fused-ring (bicyclic) bond motifs is 2. The Morgan fingerprint density at radius 3 is 2.75 bits per heavy atom. The molecule has 3 aromatic heterocycles. The molecule has 1 N–H and O–H groups in total. The summed E-state index contributed by atoms with van der Waals surface area (Å²) in [6.07, 6.45) is 4.03. The number of aromatic amines is 1. The molecule has 0 amide bonds. The number of aryl methyl sites for hydroxylation is 1. The number of hydrogen-bond acceptors (Lipinski definition) is 5. The van der Waals surface area contributed by atoms with Gasteiger partial charge in [0.1, 0.15) is 17.3 Å². The van der Waals surface area contributed by atoms with E-state index in [2.05, 4.69) is 15.2 Å². The molecule has 1 spiro atoms. The van der Waals surface area contributed by atoms with Crippen molar-refractivity contribution in [3.63, 3.8) is 0 Å². The molecule has 28 heavy (non-hydrogen) atoms. The molecule has 1 aliphatic carbocycles. The van der Waals surface area contributed by atoms with Gasteiger partial charge >= 0.3 is 0 Å². The summed E-state index contributed by atoms with van der Waals surface area (Å²) >= 11 is 0. The fraction of sp³-hybridized carbons (Fsp3) is 0.300. The van der Waals surface area contributed by atoms with Gasteiger partial charge in [-0.1, -0.05) is 0 Å². The number of aromatic nitrogens is 6. The number of rotatable bonds is 2. The molecule has 2 aliphatic rings. The Balaban J connectivity index is 1.64. The van der Waals surface area contributed by atoms with Crippen molar-refractivity contribution in [1.29, 1.82) is 0 Å². The molecule has 0 radical (unpaired) electrons. The number of ether oxygens (including phenoxy) is 1. The molecular formula is C20H17FN6O. The maximum absolute atomic E-state index is 13.5. The van der Waals surface area contributed by atoms with Crippen LogP contribution in [0.25, 0.3) is 33.5 Å². The van der Waals surface area contributed by atoms with Crippen molar-refractivity contribution in [2.24, 2.45) is 5.41 Å². The molecule has 7 nitrogen and oxygen atoms in total. The minimum atomic E-state index is -0.280. The molecule has 8 heteroatoms. The minimum Gasteiger partial charge on any atom is -0.477 e. The third-order valence-electron chi connectivity index (χ3n) is 5.64. The van der Waals surface area contributed by atoms with E-state index in [4.69, 9.17) is 14.8 Å². The standard InChI is InChI=1S/C20H17FN6O/c1-11-23-17(14-8-22-25-18(14)24-11)15-16(12-2-4-13(21)5-3-12)26-27-9-20(6-7-20)10-28-19(15)27/h2-5,8H,6-7,9-10H2,1H3,(H,22,23,24,25). The molecule has 0 atom stereocenters. The number of hydrogen-bond donors (Lipinski definition) is 1. The Labute approximate surface area is 159 Å². The second-order valence-electron chi connectivity index (χ2n) is 7.73. The fourth-order valence-corrected chi connectivity index (χ4v) is 3.92. The van der Waals surface area contributed by atoms with Crippen LogP contribution in [0.5, 0.6) is 5.88 Å². The Kier molecular flexibility index (Phi) is 3.02. The number of halogens is 1. The second-order valence-corrected chi connectivity index (χ2v) is 7.73. The molecule has 1 fully saturated rings. The highest BCUT2D eigenvalue weighted by atomic mass is 19.1. The van der Waals surface area contributed by atoms with Crippen molar-refractivity contribution < 1.29 is 9.13 Å². The third kappa shape index (κ3) is 2.27. The molecule has 1 aromatic carbocycles. The summed E-state index contributed by atoms with van der Waals surface area (Å²) in [5.41, 5.74) is 3.96. The molecule has 1 saturated carbocycles. The SMILES string of the molecule is Cc1nc(-c2c(-c3ccc(F)cc3)nn3c2OCC2(CC2)C3)c2cn[nH]c2n1. The molecular weight excluding hydrogens is 359 g/mol. The van der Waals surface area contributed by atoms with Crippen LogP contribution in [0, 0.1) is 18.2 Å². The van der Waals surface area contributed by atoms with Gasteiger partial charge in [0.2, 0.25) is 5.88 Å². The van der Waals surface area contributed by atoms with E-state index in [1.807, 2.05) is 11.6 Å². The first-order valence-electron chi connectivity index (χ1n) is 9.30. The Bertz CT molecular complexity index is 1220. The molecule has 0 unspecified atom stereocenters. The number of nitrogens with zero attached hydrogens (tertiary/aromatic N) is 5. The maximum Gasteiger partial charge on any atom is 0.222 e. The molecule has 0 saturated heterocycles. The summed E-state index contributed by atoms with van der Waals surface area (Å²) in [6, 6.07) is 6.36. The van der Waals surface area contributed by atoms with E-state index in [-0.39, 0.29) is 11.2 Å². The summed E-state index contributed by atoms with van der Waals surface area (Å²) in [5.74, 6) is 1.06. The van der Waals surface area contributed by atoms with Gasteiger partial charge in [-0.25, -0.2) is 19.0 Å². The summed E-state index contributed by atoms with van der Waals surface area (Å²) in [5, 5.41) is 12.7. The van der Waals surface area contributed by atoms with Crippen molar-refractivity contribution in [3.05, 3.63) is 42.1 Å². The van der Waals surface area contributed by atoms with Crippen LogP contribution in [-0.2, 0) is 6.54 Å².